The summed E-state index contributed by atoms with van der Waals surface area (Å²) >= 11 is 0. The van der Waals surface area contributed by atoms with Crippen LogP contribution in [0.4, 0.5) is 11.4 Å². The van der Waals surface area contributed by atoms with Crippen molar-refractivity contribution in [3.8, 4) is 5.75 Å². The molecular formula is C26H28N2O3. The summed E-state index contributed by atoms with van der Waals surface area (Å²) in [4.78, 5) is 25.0. The molecule has 0 heterocycles. The van der Waals surface area contributed by atoms with Gasteiger partial charge in [-0.15, -0.1) is 0 Å². The van der Waals surface area contributed by atoms with E-state index in [-0.39, 0.29) is 23.7 Å². The van der Waals surface area contributed by atoms with Crippen LogP contribution in [0.25, 0.3) is 0 Å². The van der Waals surface area contributed by atoms with E-state index in [1.165, 1.54) is 5.56 Å². The van der Waals surface area contributed by atoms with Gasteiger partial charge >= 0.3 is 0 Å². The number of benzene rings is 3. The highest BCUT2D eigenvalue weighted by Crippen LogP contribution is 2.23. The molecule has 3 rings (SSSR count). The second-order valence-corrected chi connectivity index (χ2v) is 8.44. The summed E-state index contributed by atoms with van der Waals surface area (Å²) in [5, 5.41) is 5.76. The topological polar surface area (TPSA) is 67.4 Å². The Kier molecular flexibility index (Phi) is 6.75. The van der Waals surface area contributed by atoms with Crippen LogP contribution in [-0.4, -0.2) is 18.9 Å². The number of carbonyl (C=O) groups excluding carboxylic acids is 2. The number of hydrogen-bond acceptors (Lipinski definition) is 3. The molecule has 0 bridgehead atoms. The Labute approximate surface area is 183 Å². The predicted octanol–water partition coefficient (Wildman–Crippen LogP) is 5.43. The van der Waals surface area contributed by atoms with Gasteiger partial charge in [0.05, 0.1) is 13.5 Å². The van der Waals surface area contributed by atoms with Crippen LogP contribution in [0.1, 0.15) is 42.3 Å². The minimum Gasteiger partial charge on any atom is -0.497 e. The van der Waals surface area contributed by atoms with Crippen LogP contribution in [-0.2, 0) is 16.6 Å². The Hall–Kier alpha value is -3.60. The van der Waals surface area contributed by atoms with Gasteiger partial charge in [-0.3, -0.25) is 9.59 Å². The Morgan fingerprint density at radius 1 is 0.839 bits per heavy atom. The summed E-state index contributed by atoms with van der Waals surface area (Å²) in [5.74, 6) is 0.425. The first-order valence-corrected chi connectivity index (χ1v) is 10.2. The number of hydrogen-bond donors (Lipinski definition) is 2. The molecular weight excluding hydrogens is 388 g/mol. The SMILES string of the molecule is COc1ccc(CC(=O)Nc2cccc(NC(=O)c3ccc(C(C)(C)C)cc3)c2)cc1. The number of amides is 2. The summed E-state index contributed by atoms with van der Waals surface area (Å²) in [6.45, 7) is 6.41. The largest absolute Gasteiger partial charge is 0.497 e. The molecule has 31 heavy (non-hydrogen) atoms. The van der Waals surface area contributed by atoms with Gasteiger partial charge in [0.1, 0.15) is 5.75 Å². The number of methoxy groups -OCH3 is 1. The van der Waals surface area contributed by atoms with Crippen molar-refractivity contribution < 1.29 is 14.3 Å². The van der Waals surface area contributed by atoms with Crippen molar-refractivity contribution >= 4 is 23.2 Å². The minimum atomic E-state index is -0.192. The van der Waals surface area contributed by atoms with E-state index in [4.69, 9.17) is 4.74 Å². The third kappa shape index (κ3) is 6.19. The van der Waals surface area contributed by atoms with Gasteiger partial charge in [-0.1, -0.05) is 51.1 Å². The zero-order chi connectivity index (χ0) is 22.4. The fourth-order valence-corrected chi connectivity index (χ4v) is 3.13. The molecule has 0 unspecified atom stereocenters. The van der Waals surface area contributed by atoms with Gasteiger partial charge in [0.15, 0.2) is 0 Å². The minimum absolute atomic E-state index is 0.0351. The smallest absolute Gasteiger partial charge is 0.255 e. The molecule has 0 radical (unpaired) electrons. The second-order valence-electron chi connectivity index (χ2n) is 8.44. The van der Waals surface area contributed by atoms with Gasteiger partial charge in [0, 0.05) is 16.9 Å². The Balaban J connectivity index is 1.61. The summed E-state index contributed by atoms with van der Waals surface area (Å²) in [7, 11) is 1.61. The molecule has 2 amide bonds. The normalized spacial score (nSPS) is 11.0. The van der Waals surface area contributed by atoms with E-state index in [0.717, 1.165) is 11.3 Å². The number of carbonyl (C=O) groups is 2. The Bertz CT molecular complexity index is 1050. The van der Waals surface area contributed by atoms with E-state index < -0.39 is 0 Å². The molecule has 160 valence electrons. The highest BCUT2D eigenvalue weighted by Gasteiger charge is 2.14. The molecule has 0 fully saturated rings. The van der Waals surface area contributed by atoms with Crippen LogP contribution >= 0.6 is 0 Å². The quantitative estimate of drug-likeness (QED) is 0.563. The molecule has 5 heteroatoms. The molecule has 0 saturated heterocycles. The van der Waals surface area contributed by atoms with Crippen LogP contribution < -0.4 is 15.4 Å². The lowest BCUT2D eigenvalue weighted by molar-refractivity contribution is -0.115. The van der Waals surface area contributed by atoms with Crippen LogP contribution in [0.3, 0.4) is 0 Å². The second kappa shape index (κ2) is 9.47. The van der Waals surface area contributed by atoms with Crippen molar-refractivity contribution in [2.75, 3.05) is 17.7 Å². The van der Waals surface area contributed by atoms with E-state index in [1.54, 1.807) is 31.4 Å². The van der Waals surface area contributed by atoms with Crippen molar-refractivity contribution in [3.63, 3.8) is 0 Å². The first-order valence-electron chi connectivity index (χ1n) is 10.2. The number of rotatable bonds is 6. The van der Waals surface area contributed by atoms with Crippen molar-refractivity contribution in [1.29, 1.82) is 0 Å². The number of anilines is 2. The lowest BCUT2D eigenvalue weighted by atomic mass is 9.87. The molecule has 0 atom stereocenters. The summed E-state index contributed by atoms with van der Waals surface area (Å²) in [6, 6.07) is 22.1. The molecule has 5 nitrogen and oxygen atoms in total. The third-order valence-corrected chi connectivity index (χ3v) is 4.94. The lowest BCUT2D eigenvalue weighted by Crippen LogP contribution is -2.16. The van der Waals surface area contributed by atoms with Gasteiger partial charge in [-0.25, -0.2) is 0 Å². The van der Waals surface area contributed by atoms with E-state index in [1.807, 2.05) is 48.5 Å². The van der Waals surface area contributed by atoms with E-state index >= 15 is 0 Å². The van der Waals surface area contributed by atoms with Crippen molar-refractivity contribution in [3.05, 3.63) is 89.5 Å². The molecule has 3 aromatic carbocycles. The van der Waals surface area contributed by atoms with E-state index in [9.17, 15) is 9.59 Å². The maximum atomic E-state index is 12.6. The van der Waals surface area contributed by atoms with Gasteiger partial charge in [0.25, 0.3) is 5.91 Å². The predicted molar refractivity (Wildman–Crippen MR) is 125 cm³/mol. The average Bonchev–Trinajstić information content (AvgIpc) is 2.74. The van der Waals surface area contributed by atoms with Crippen molar-refractivity contribution in [1.82, 2.24) is 0 Å². The fraction of sp³-hybridized carbons (Fsp3) is 0.231. The Morgan fingerprint density at radius 2 is 1.45 bits per heavy atom. The summed E-state index contributed by atoms with van der Waals surface area (Å²) in [6.07, 6.45) is 0.251. The zero-order valence-corrected chi connectivity index (χ0v) is 18.4. The van der Waals surface area contributed by atoms with E-state index in [2.05, 4.69) is 31.4 Å². The first kappa shape index (κ1) is 22.1. The maximum absolute atomic E-state index is 12.6. The average molecular weight is 417 g/mol. The van der Waals surface area contributed by atoms with Crippen molar-refractivity contribution in [2.24, 2.45) is 0 Å². The number of ether oxygens (including phenoxy) is 1. The monoisotopic (exact) mass is 416 g/mol. The molecule has 0 saturated carbocycles. The third-order valence-electron chi connectivity index (χ3n) is 4.94. The summed E-state index contributed by atoms with van der Waals surface area (Å²) < 4.78 is 5.13. The van der Waals surface area contributed by atoms with Gasteiger partial charge in [0.2, 0.25) is 5.91 Å². The molecule has 2 N–H and O–H groups in total. The molecule has 0 aromatic heterocycles. The zero-order valence-electron chi connectivity index (χ0n) is 18.4. The van der Waals surface area contributed by atoms with Crippen molar-refractivity contribution in [2.45, 2.75) is 32.6 Å². The van der Waals surface area contributed by atoms with Crippen LogP contribution in [0.15, 0.2) is 72.8 Å². The number of nitrogens with one attached hydrogen (secondary N) is 2. The molecule has 0 aliphatic heterocycles. The van der Waals surface area contributed by atoms with Crippen LogP contribution in [0.2, 0.25) is 0 Å². The molecule has 3 aromatic rings. The first-order chi connectivity index (χ1) is 14.7. The van der Waals surface area contributed by atoms with Gasteiger partial charge in [-0.05, 0) is 59.0 Å². The van der Waals surface area contributed by atoms with E-state index in [0.29, 0.717) is 16.9 Å². The van der Waals surface area contributed by atoms with Crippen LogP contribution in [0, 0.1) is 0 Å². The fourth-order valence-electron chi connectivity index (χ4n) is 3.13. The maximum Gasteiger partial charge on any atom is 0.255 e. The summed E-state index contributed by atoms with van der Waals surface area (Å²) in [5.41, 5.74) is 3.92. The highest BCUT2D eigenvalue weighted by molar-refractivity contribution is 6.04. The standard InChI is InChI=1S/C26H28N2O3/c1-26(2,3)20-12-10-19(11-13-20)25(30)28-22-7-5-6-21(17-22)27-24(29)16-18-8-14-23(31-4)15-9-18/h5-15,17H,16H2,1-4H3,(H,27,29)(H,28,30). The van der Waals surface area contributed by atoms with Gasteiger partial charge in [-0.2, -0.15) is 0 Å². The van der Waals surface area contributed by atoms with Gasteiger partial charge < -0.3 is 15.4 Å². The lowest BCUT2D eigenvalue weighted by Gasteiger charge is -2.19. The Morgan fingerprint density at radius 3 is 2.03 bits per heavy atom. The highest BCUT2D eigenvalue weighted by atomic mass is 16.5. The van der Waals surface area contributed by atoms with Crippen LogP contribution in [0.5, 0.6) is 5.75 Å². The molecule has 0 aliphatic rings. The molecule has 0 spiro atoms. The molecule has 0 aliphatic carbocycles.